The van der Waals surface area contributed by atoms with Crippen LogP contribution in [0.15, 0.2) is 23.0 Å². The quantitative estimate of drug-likeness (QED) is 0.560. The van der Waals surface area contributed by atoms with E-state index in [1.165, 1.54) is 7.11 Å². The topological polar surface area (TPSA) is 99.1 Å². The lowest BCUT2D eigenvalue weighted by Crippen LogP contribution is -2.43. The molecule has 0 radical (unpaired) electrons. The molecule has 1 aliphatic carbocycles. The molecule has 114 valence electrons. The van der Waals surface area contributed by atoms with E-state index in [9.17, 15) is 19.5 Å². The molecule has 1 heterocycles. The van der Waals surface area contributed by atoms with Gasteiger partial charge in [-0.05, 0) is 6.92 Å². The van der Waals surface area contributed by atoms with Crippen LogP contribution in [0.5, 0.6) is 0 Å². The van der Waals surface area contributed by atoms with Crippen LogP contribution in [0.1, 0.15) is 13.3 Å². The van der Waals surface area contributed by atoms with Crippen LogP contribution in [0.25, 0.3) is 0 Å². The van der Waals surface area contributed by atoms with Crippen molar-refractivity contribution >= 4 is 17.5 Å². The number of Topliss-reactive ketones (excluding diaryl/α,β-unsaturated/α-hetero) is 1. The third kappa shape index (κ3) is 2.88. The highest BCUT2D eigenvalue weighted by Crippen LogP contribution is 2.30. The Labute approximate surface area is 121 Å². The highest BCUT2D eigenvalue weighted by molar-refractivity contribution is 6.22. The number of aliphatic hydroxyl groups excluding tert-OH is 1. The van der Waals surface area contributed by atoms with Crippen LogP contribution in [-0.2, 0) is 28.6 Å². The van der Waals surface area contributed by atoms with E-state index in [0.717, 1.165) is 6.08 Å². The molecule has 2 aliphatic rings. The van der Waals surface area contributed by atoms with Crippen molar-refractivity contribution in [1.29, 1.82) is 0 Å². The van der Waals surface area contributed by atoms with Crippen molar-refractivity contribution in [3.63, 3.8) is 0 Å². The summed E-state index contributed by atoms with van der Waals surface area (Å²) in [5.74, 6) is -1.61. The molecule has 1 N–H and O–H groups in total. The number of ketones is 2. The Balaban J connectivity index is 2.21. The lowest BCUT2D eigenvalue weighted by molar-refractivity contribution is -0.149. The Bertz CT molecular complexity index is 544. The first-order chi connectivity index (χ1) is 9.99. The van der Waals surface area contributed by atoms with E-state index in [0.29, 0.717) is 0 Å². The second-order valence-corrected chi connectivity index (χ2v) is 4.60. The SMILES string of the molecule is CCOC(=O)C[C@H]1OCC2=C(C(=O)C=C(OC)C2=O)[C@@H]1O. The highest BCUT2D eigenvalue weighted by Gasteiger charge is 2.41. The van der Waals surface area contributed by atoms with Crippen molar-refractivity contribution in [2.24, 2.45) is 0 Å². The monoisotopic (exact) mass is 296 g/mol. The smallest absolute Gasteiger partial charge is 0.308 e. The number of aliphatic hydroxyl groups is 1. The van der Waals surface area contributed by atoms with Crippen molar-refractivity contribution in [3.8, 4) is 0 Å². The Morgan fingerprint density at radius 1 is 1.48 bits per heavy atom. The maximum atomic E-state index is 12.0. The lowest BCUT2D eigenvalue weighted by atomic mass is 9.85. The summed E-state index contributed by atoms with van der Waals surface area (Å²) < 4.78 is 14.9. The predicted octanol–water partition coefficient (Wildman–Crippen LogP) is -0.322. The summed E-state index contributed by atoms with van der Waals surface area (Å²) in [4.78, 5) is 35.5. The molecule has 0 fully saturated rings. The zero-order valence-corrected chi connectivity index (χ0v) is 11.8. The zero-order valence-electron chi connectivity index (χ0n) is 11.8. The molecule has 1 aliphatic heterocycles. The molecule has 0 aromatic rings. The van der Waals surface area contributed by atoms with Crippen LogP contribution in [-0.4, -0.2) is 55.2 Å². The van der Waals surface area contributed by atoms with Gasteiger partial charge in [0.1, 0.15) is 6.10 Å². The summed E-state index contributed by atoms with van der Waals surface area (Å²) in [5, 5.41) is 10.2. The summed E-state index contributed by atoms with van der Waals surface area (Å²) in [6.07, 6.45) is -1.40. The summed E-state index contributed by atoms with van der Waals surface area (Å²) in [6.45, 7) is 1.73. The maximum Gasteiger partial charge on any atom is 0.308 e. The van der Waals surface area contributed by atoms with Gasteiger partial charge in [-0.1, -0.05) is 0 Å². The van der Waals surface area contributed by atoms with Gasteiger partial charge >= 0.3 is 5.97 Å². The van der Waals surface area contributed by atoms with Crippen molar-refractivity contribution in [3.05, 3.63) is 23.0 Å². The molecular formula is C14H16O7. The van der Waals surface area contributed by atoms with Gasteiger partial charge in [0.25, 0.3) is 0 Å². The average molecular weight is 296 g/mol. The number of methoxy groups -OCH3 is 1. The molecule has 0 aromatic carbocycles. The molecule has 7 heteroatoms. The van der Waals surface area contributed by atoms with E-state index >= 15 is 0 Å². The molecule has 0 saturated heterocycles. The molecule has 0 unspecified atom stereocenters. The van der Waals surface area contributed by atoms with Crippen LogP contribution in [0, 0.1) is 0 Å². The van der Waals surface area contributed by atoms with Gasteiger partial charge in [-0.3, -0.25) is 14.4 Å². The fourth-order valence-electron chi connectivity index (χ4n) is 2.32. The summed E-state index contributed by atoms with van der Waals surface area (Å²) in [7, 11) is 1.28. The second kappa shape index (κ2) is 6.19. The first-order valence-corrected chi connectivity index (χ1v) is 6.52. The molecule has 0 amide bonds. The Hall–Kier alpha value is -1.99. The maximum absolute atomic E-state index is 12.0. The highest BCUT2D eigenvalue weighted by atomic mass is 16.5. The van der Waals surface area contributed by atoms with Crippen molar-refractivity contribution < 1.29 is 33.7 Å². The predicted molar refractivity (Wildman–Crippen MR) is 69.1 cm³/mol. The minimum atomic E-state index is -1.34. The van der Waals surface area contributed by atoms with E-state index in [1.54, 1.807) is 6.92 Å². The molecule has 0 spiro atoms. The van der Waals surface area contributed by atoms with Crippen molar-refractivity contribution in [2.75, 3.05) is 20.3 Å². The number of rotatable bonds is 4. The average Bonchev–Trinajstić information content (AvgIpc) is 2.45. The number of hydrogen-bond donors (Lipinski definition) is 1. The molecule has 0 aromatic heterocycles. The van der Waals surface area contributed by atoms with Gasteiger partial charge in [0.2, 0.25) is 5.78 Å². The fraction of sp³-hybridized carbons (Fsp3) is 0.500. The molecule has 0 saturated carbocycles. The van der Waals surface area contributed by atoms with Gasteiger partial charge < -0.3 is 19.3 Å². The van der Waals surface area contributed by atoms with Gasteiger partial charge in [-0.25, -0.2) is 0 Å². The molecule has 0 bridgehead atoms. The van der Waals surface area contributed by atoms with Gasteiger partial charge in [0.05, 0.1) is 32.8 Å². The summed E-state index contributed by atoms with van der Waals surface area (Å²) in [5.41, 5.74) is 0.0494. The van der Waals surface area contributed by atoms with Crippen molar-refractivity contribution in [1.82, 2.24) is 0 Å². The largest absolute Gasteiger partial charge is 0.493 e. The first kappa shape index (κ1) is 15.4. The van der Waals surface area contributed by atoms with Gasteiger partial charge in [0, 0.05) is 17.2 Å². The van der Waals surface area contributed by atoms with E-state index in [2.05, 4.69) is 0 Å². The Kier molecular flexibility index (Phi) is 4.54. The van der Waals surface area contributed by atoms with Gasteiger partial charge in [-0.15, -0.1) is 0 Å². The van der Waals surface area contributed by atoms with Gasteiger partial charge in [0.15, 0.2) is 11.5 Å². The summed E-state index contributed by atoms with van der Waals surface area (Å²) in [6, 6.07) is 0. The fourth-order valence-corrected chi connectivity index (χ4v) is 2.32. The van der Waals surface area contributed by atoms with Crippen molar-refractivity contribution in [2.45, 2.75) is 25.6 Å². The molecule has 2 rings (SSSR count). The standard InChI is InChI=1S/C14H16O7/c1-3-20-11(16)5-10-14(18)12-7(6-21-10)13(17)9(19-2)4-8(12)15/h4,10,14,18H,3,5-6H2,1-2H3/t10-,14-/m1/s1. The van der Waals surface area contributed by atoms with Crippen LogP contribution in [0.4, 0.5) is 0 Å². The van der Waals surface area contributed by atoms with E-state index in [1.807, 2.05) is 0 Å². The molecule has 7 nitrogen and oxygen atoms in total. The van der Waals surface area contributed by atoms with Crippen LogP contribution in [0.2, 0.25) is 0 Å². The van der Waals surface area contributed by atoms with Gasteiger partial charge in [-0.2, -0.15) is 0 Å². The number of carbonyl (C=O) groups is 3. The van der Waals surface area contributed by atoms with E-state index in [-0.39, 0.29) is 36.5 Å². The Morgan fingerprint density at radius 3 is 2.81 bits per heavy atom. The number of hydrogen-bond acceptors (Lipinski definition) is 7. The lowest BCUT2D eigenvalue weighted by Gasteiger charge is -2.32. The third-order valence-electron chi connectivity index (χ3n) is 3.33. The first-order valence-electron chi connectivity index (χ1n) is 6.52. The minimum absolute atomic E-state index is 0.0265. The van der Waals surface area contributed by atoms with E-state index < -0.39 is 29.7 Å². The Morgan fingerprint density at radius 2 is 2.19 bits per heavy atom. The number of allylic oxidation sites excluding steroid dienone is 2. The van der Waals surface area contributed by atoms with Crippen LogP contribution >= 0.6 is 0 Å². The summed E-state index contributed by atoms with van der Waals surface area (Å²) >= 11 is 0. The molecule has 2 atom stereocenters. The number of esters is 1. The number of carbonyl (C=O) groups excluding carboxylic acids is 3. The number of ether oxygens (including phenoxy) is 3. The molecular weight excluding hydrogens is 280 g/mol. The van der Waals surface area contributed by atoms with E-state index in [4.69, 9.17) is 14.2 Å². The normalized spacial score (nSPS) is 25.4. The third-order valence-corrected chi connectivity index (χ3v) is 3.33. The van der Waals surface area contributed by atoms with Crippen LogP contribution in [0.3, 0.4) is 0 Å². The molecule has 21 heavy (non-hydrogen) atoms. The zero-order chi connectivity index (χ0) is 15.6. The second-order valence-electron chi connectivity index (χ2n) is 4.60. The van der Waals surface area contributed by atoms with Crippen LogP contribution < -0.4 is 0 Å². The minimum Gasteiger partial charge on any atom is -0.493 e.